The minimum absolute atomic E-state index is 0.643. The zero-order valence-corrected chi connectivity index (χ0v) is 19.1. The van der Waals surface area contributed by atoms with E-state index in [4.69, 9.17) is 0 Å². The summed E-state index contributed by atoms with van der Waals surface area (Å²) >= 11 is 7.13. The topological polar surface area (TPSA) is 4.93 Å². The number of fused-ring (bicyclic) bond motifs is 3. The molecule has 0 spiro atoms. The highest BCUT2D eigenvalue weighted by Crippen LogP contribution is 2.36. The Bertz CT molecular complexity index is 1360. The molecular weight excluding hydrogens is 531 g/mol. The molecule has 0 aliphatic heterocycles. The van der Waals surface area contributed by atoms with Crippen LogP contribution in [-0.4, -0.2) is 4.57 Å². The van der Waals surface area contributed by atoms with Crippen LogP contribution < -0.4 is 0 Å². The second-order valence-electron chi connectivity index (χ2n) is 7.28. The molecule has 6 heteroatoms. The first-order chi connectivity index (χ1) is 14.8. The number of benzene rings is 4. The Morgan fingerprint density at radius 2 is 1.03 bits per heavy atom. The van der Waals surface area contributed by atoms with Crippen molar-refractivity contribution in [1.82, 2.24) is 4.57 Å². The molecule has 1 heterocycles. The highest BCUT2D eigenvalue weighted by molar-refractivity contribution is 9.10. The third kappa shape index (κ3) is 3.68. The molecule has 0 aliphatic carbocycles. The van der Waals surface area contributed by atoms with Crippen LogP contribution in [0.4, 0.5) is 13.2 Å². The standard InChI is InChI=1S/C25H14Br2F3N/c26-18-7-11-23-21(13-18)22-14-19(27)8-12-24(22)31(23)20-9-3-16(4-10-20)15-1-5-17(6-2-15)25(28,29)30/h1-14H. The highest BCUT2D eigenvalue weighted by Gasteiger charge is 2.29. The summed E-state index contributed by atoms with van der Waals surface area (Å²) in [4.78, 5) is 0. The van der Waals surface area contributed by atoms with Crippen LogP contribution in [0.2, 0.25) is 0 Å². The second-order valence-corrected chi connectivity index (χ2v) is 9.11. The van der Waals surface area contributed by atoms with E-state index in [1.165, 1.54) is 12.1 Å². The number of aromatic nitrogens is 1. The first-order valence-corrected chi connectivity index (χ1v) is 11.1. The molecule has 0 saturated carbocycles. The van der Waals surface area contributed by atoms with E-state index in [1.54, 1.807) is 0 Å². The van der Waals surface area contributed by atoms with Crippen LogP contribution in [0.1, 0.15) is 5.56 Å². The van der Waals surface area contributed by atoms with Crippen molar-refractivity contribution >= 4 is 53.7 Å². The van der Waals surface area contributed by atoms with Crippen LogP contribution in [0.5, 0.6) is 0 Å². The summed E-state index contributed by atoms with van der Waals surface area (Å²) in [6.45, 7) is 0. The van der Waals surface area contributed by atoms with Gasteiger partial charge < -0.3 is 4.57 Å². The second kappa shape index (κ2) is 7.53. The maximum absolute atomic E-state index is 12.8. The molecular formula is C25H14Br2F3N. The average molecular weight is 545 g/mol. The van der Waals surface area contributed by atoms with Gasteiger partial charge in [0, 0.05) is 25.4 Å². The molecule has 31 heavy (non-hydrogen) atoms. The van der Waals surface area contributed by atoms with Crippen molar-refractivity contribution in [3.8, 4) is 16.8 Å². The van der Waals surface area contributed by atoms with E-state index in [1.807, 2.05) is 36.4 Å². The lowest BCUT2D eigenvalue weighted by Crippen LogP contribution is -2.03. The Balaban J connectivity index is 1.61. The molecule has 5 aromatic rings. The zero-order valence-electron chi connectivity index (χ0n) is 15.9. The third-order valence-corrected chi connectivity index (χ3v) is 6.35. The normalized spacial score (nSPS) is 12.0. The van der Waals surface area contributed by atoms with Gasteiger partial charge in [-0.2, -0.15) is 13.2 Å². The SMILES string of the molecule is FC(F)(F)c1ccc(-c2ccc(-n3c4ccc(Br)cc4c4cc(Br)ccc43)cc2)cc1. The lowest BCUT2D eigenvalue weighted by Gasteiger charge is -2.10. The Hall–Kier alpha value is -2.57. The Labute approximate surface area is 193 Å². The largest absolute Gasteiger partial charge is 0.416 e. The smallest absolute Gasteiger partial charge is 0.309 e. The van der Waals surface area contributed by atoms with Crippen molar-refractivity contribution in [2.75, 3.05) is 0 Å². The predicted molar refractivity (Wildman–Crippen MR) is 127 cm³/mol. The van der Waals surface area contributed by atoms with Gasteiger partial charge in [-0.25, -0.2) is 0 Å². The lowest BCUT2D eigenvalue weighted by atomic mass is 10.0. The molecule has 1 aromatic heterocycles. The fourth-order valence-electron chi connectivity index (χ4n) is 3.90. The number of hydrogen-bond donors (Lipinski definition) is 0. The summed E-state index contributed by atoms with van der Waals surface area (Å²) < 4.78 is 42.7. The van der Waals surface area contributed by atoms with Crippen molar-refractivity contribution in [3.05, 3.63) is 99.4 Å². The zero-order chi connectivity index (χ0) is 21.8. The van der Waals surface area contributed by atoms with E-state index in [9.17, 15) is 13.2 Å². The fourth-order valence-corrected chi connectivity index (χ4v) is 4.62. The minimum atomic E-state index is -4.33. The van der Waals surface area contributed by atoms with Crippen molar-refractivity contribution < 1.29 is 13.2 Å². The molecule has 0 unspecified atom stereocenters. The fraction of sp³-hybridized carbons (Fsp3) is 0.0400. The van der Waals surface area contributed by atoms with E-state index < -0.39 is 11.7 Å². The number of nitrogens with zero attached hydrogens (tertiary/aromatic N) is 1. The number of halogens is 5. The van der Waals surface area contributed by atoms with E-state index in [0.29, 0.717) is 0 Å². The van der Waals surface area contributed by atoms with Crippen molar-refractivity contribution in [3.63, 3.8) is 0 Å². The van der Waals surface area contributed by atoms with Crippen LogP contribution in [-0.2, 0) is 6.18 Å². The molecule has 0 amide bonds. The van der Waals surface area contributed by atoms with Crippen molar-refractivity contribution in [1.29, 1.82) is 0 Å². The van der Waals surface area contributed by atoms with Gasteiger partial charge in [0.25, 0.3) is 0 Å². The van der Waals surface area contributed by atoms with Crippen LogP contribution in [0.3, 0.4) is 0 Å². The lowest BCUT2D eigenvalue weighted by molar-refractivity contribution is -0.137. The first kappa shape index (κ1) is 20.3. The Kier molecular flexibility index (Phi) is 4.94. The first-order valence-electron chi connectivity index (χ1n) is 9.48. The molecule has 0 bridgehead atoms. The predicted octanol–water partition coefficient (Wildman–Crippen LogP) is 8.99. The Morgan fingerprint density at radius 1 is 0.581 bits per heavy atom. The summed E-state index contributed by atoms with van der Waals surface area (Å²) in [5.74, 6) is 0. The molecule has 0 N–H and O–H groups in total. The van der Waals surface area contributed by atoms with Gasteiger partial charge in [0.1, 0.15) is 0 Å². The molecule has 154 valence electrons. The van der Waals surface area contributed by atoms with Gasteiger partial charge in [0.05, 0.1) is 16.6 Å². The van der Waals surface area contributed by atoms with Crippen LogP contribution >= 0.6 is 31.9 Å². The van der Waals surface area contributed by atoms with Crippen LogP contribution in [0.25, 0.3) is 38.6 Å². The monoisotopic (exact) mass is 543 g/mol. The maximum Gasteiger partial charge on any atom is 0.416 e. The third-order valence-electron chi connectivity index (χ3n) is 5.36. The molecule has 5 rings (SSSR count). The minimum Gasteiger partial charge on any atom is -0.309 e. The molecule has 0 aliphatic rings. The summed E-state index contributed by atoms with van der Waals surface area (Å²) in [5.41, 5.74) is 4.12. The van der Waals surface area contributed by atoms with Crippen LogP contribution in [0, 0.1) is 0 Å². The summed E-state index contributed by atoms with van der Waals surface area (Å²) in [7, 11) is 0. The highest BCUT2D eigenvalue weighted by atomic mass is 79.9. The van der Waals surface area contributed by atoms with Crippen molar-refractivity contribution in [2.24, 2.45) is 0 Å². The van der Waals surface area contributed by atoms with Crippen molar-refractivity contribution in [2.45, 2.75) is 6.18 Å². The molecule has 0 saturated heterocycles. The van der Waals surface area contributed by atoms with Gasteiger partial charge in [-0.15, -0.1) is 0 Å². The quantitative estimate of drug-likeness (QED) is 0.209. The maximum atomic E-state index is 12.8. The van der Waals surface area contributed by atoms with Gasteiger partial charge in [0.2, 0.25) is 0 Å². The van der Waals surface area contributed by atoms with Gasteiger partial charge in [-0.1, -0.05) is 56.1 Å². The molecule has 0 radical (unpaired) electrons. The van der Waals surface area contributed by atoms with E-state index >= 15 is 0 Å². The van der Waals surface area contributed by atoms with Crippen LogP contribution in [0.15, 0.2) is 93.9 Å². The van der Waals surface area contributed by atoms with E-state index in [-0.39, 0.29) is 0 Å². The Morgan fingerprint density at radius 3 is 1.48 bits per heavy atom. The van der Waals surface area contributed by atoms with Gasteiger partial charge >= 0.3 is 6.18 Å². The average Bonchev–Trinajstić information content (AvgIpc) is 3.06. The number of rotatable bonds is 2. The molecule has 4 aromatic carbocycles. The van der Waals surface area contributed by atoms with Gasteiger partial charge in [-0.05, 0) is 71.8 Å². The van der Waals surface area contributed by atoms with E-state index in [2.05, 4.69) is 60.7 Å². The summed E-state index contributed by atoms with van der Waals surface area (Å²) in [6.07, 6.45) is -4.33. The number of hydrogen-bond acceptors (Lipinski definition) is 0. The molecule has 1 nitrogen and oxygen atoms in total. The number of alkyl halides is 3. The summed E-state index contributed by atoms with van der Waals surface area (Å²) in [5, 5.41) is 2.27. The van der Waals surface area contributed by atoms with Gasteiger partial charge in [0.15, 0.2) is 0 Å². The molecule has 0 fully saturated rings. The summed E-state index contributed by atoms with van der Waals surface area (Å²) in [6, 6.07) is 25.5. The van der Waals surface area contributed by atoms with E-state index in [0.717, 1.165) is 59.7 Å². The molecule has 0 atom stereocenters. The van der Waals surface area contributed by atoms with Gasteiger partial charge in [-0.3, -0.25) is 0 Å².